The maximum atomic E-state index is 12.4. The second-order valence-corrected chi connectivity index (χ2v) is 5.99. The van der Waals surface area contributed by atoms with Crippen LogP contribution < -0.4 is 11.1 Å². The Labute approximate surface area is 156 Å². The van der Waals surface area contributed by atoms with Crippen LogP contribution in [-0.2, 0) is 4.79 Å². The van der Waals surface area contributed by atoms with Gasteiger partial charge < -0.3 is 16.0 Å². The monoisotopic (exact) mass is 365 g/mol. The molecule has 0 aliphatic rings. The third-order valence-electron chi connectivity index (χ3n) is 3.66. The Morgan fingerprint density at radius 3 is 2.16 bits per heavy atom. The van der Waals surface area contributed by atoms with Crippen LogP contribution in [0.4, 0.5) is 5.69 Å². The van der Waals surface area contributed by atoms with Gasteiger partial charge in [-0.2, -0.15) is 0 Å². The smallest absolute Gasteiger partial charge is 0.254 e. The normalized spacial score (nSPS) is 12.3. The van der Waals surface area contributed by atoms with Gasteiger partial charge in [-0.25, -0.2) is 0 Å². The molecule has 0 bridgehead atoms. The molecule has 25 heavy (non-hydrogen) atoms. The van der Waals surface area contributed by atoms with Crippen LogP contribution >= 0.6 is 12.4 Å². The van der Waals surface area contributed by atoms with E-state index in [-0.39, 0.29) is 24.2 Å². The Kier molecular flexibility index (Phi) is 9.79. The van der Waals surface area contributed by atoms with Crippen molar-refractivity contribution in [2.24, 2.45) is 5.73 Å². The molecule has 0 heterocycles. The van der Waals surface area contributed by atoms with Crippen molar-refractivity contribution >= 4 is 29.9 Å². The van der Waals surface area contributed by atoms with Crippen molar-refractivity contribution in [3.8, 4) is 0 Å². The van der Waals surface area contributed by atoms with E-state index >= 15 is 0 Å². The number of carbonyl (C=O) groups excluding carboxylic acids is 2. The summed E-state index contributed by atoms with van der Waals surface area (Å²) in [5.41, 5.74) is 6.26. The molecule has 1 aromatic carbocycles. The molecule has 0 radical (unpaired) electrons. The molecule has 5 nitrogen and oxygen atoms in total. The van der Waals surface area contributed by atoms with Crippen LogP contribution in [0.25, 0.3) is 0 Å². The molecule has 0 fully saturated rings. The van der Waals surface area contributed by atoms with Gasteiger partial charge in [0.05, 0.1) is 5.54 Å². The van der Waals surface area contributed by atoms with Gasteiger partial charge in [0.2, 0.25) is 5.91 Å². The molecule has 0 spiro atoms. The van der Waals surface area contributed by atoms with Gasteiger partial charge in [0.1, 0.15) is 0 Å². The minimum absolute atomic E-state index is 0. The van der Waals surface area contributed by atoms with Gasteiger partial charge in [-0.15, -0.1) is 25.6 Å². The molecule has 0 saturated carbocycles. The van der Waals surface area contributed by atoms with Crippen LogP contribution in [0.1, 0.15) is 37.0 Å². The number of nitrogens with zero attached hydrogens (tertiary/aromatic N) is 1. The molecular formula is C19H28ClN3O2. The minimum Gasteiger partial charge on any atom is -0.331 e. The molecular weight excluding hydrogens is 338 g/mol. The van der Waals surface area contributed by atoms with Crippen molar-refractivity contribution < 1.29 is 9.59 Å². The molecule has 6 heteroatoms. The van der Waals surface area contributed by atoms with Gasteiger partial charge in [-0.3, -0.25) is 9.59 Å². The lowest BCUT2D eigenvalue weighted by molar-refractivity contribution is -0.120. The second-order valence-electron chi connectivity index (χ2n) is 5.99. The molecule has 0 saturated heterocycles. The fourth-order valence-corrected chi connectivity index (χ4v) is 2.34. The molecule has 0 aliphatic carbocycles. The summed E-state index contributed by atoms with van der Waals surface area (Å²) in [5.74, 6) is -0.342. The predicted molar refractivity (Wildman–Crippen MR) is 106 cm³/mol. The summed E-state index contributed by atoms with van der Waals surface area (Å²) < 4.78 is 0. The van der Waals surface area contributed by atoms with E-state index in [0.717, 1.165) is 6.42 Å². The topological polar surface area (TPSA) is 75.4 Å². The summed E-state index contributed by atoms with van der Waals surface area (Å²) >= 11 is 0. The Balaban J connectivity index is 0.00000576. The van der Waals surface area contributed by atoms with Crippen LogP contribution in [0.15, 0.2) is 49.6 Å². The van der Waals surface area contributed by atoms with E-state index in [1.165, 1.54) is 0 Å². The highest BCUT2D eigenvalue weighted by molar-refractivity contribution is 5.99. The molecule has 3 N–H and O–H groups in total. The second kappa shape index (κ2) is 10.7. The number of hydrogen-bond acceptors (Lipinski definition) is 3. The maximum absolute atomic E-state index is 12.4. The van der Waals surface area contributed by atoms with Gasteiger partial charge in [-0.1, -0.05) is 25.5 Å². The summed E-state index contributed by atoms with van der Waals surface area (Å²) in [6.45, 7) is 11.9. The Hall–Kier alpha value is -2.11. The number of hydrogen-bond donors (Lipinski definition) is 2. The predicted octanol–water partition coefficient (Wildman–Crippen LogP) is 3.38. The molecule has 1 rings (SSSR count). The lowest BCUT2D eigenvalue weighted by Crippen LogP contribution is -2.48. The van der Waals surface area contributed by atoms with Gasteiger partial charge >= 0.3 is 0 Å². The lowest BCUT2D eigenvalue weighted by Gasteiger charge is -2.23. The van der Waals surface area contributed by atoms with Gasteiger partial charge in [0.25, 0.3) is 5.91 Å². The van der Waals surface area contributed by atoms with Gasteiger partial charge in [0.15, 0.2) is 0 Å². The maximum Gasteiger partial charge on any atom is 0.254 e. The molecule has 1 aromatic rings. The van der Waals surface area contributed by atoms with E-state index in [1.54, 1.807) is 48.2 Å². The SMILES string of the molecule is C=CCN(CC=C)C(=O)c1ccc(NC(=O)C(C)(N)CCC)cc1.Cl. The number of nitrogens with one attached hydrogen (secondary N) is 1. The quantitative estimate of drug-likeness (QED) is 0.659. The Morgan fingerprint density at radius 2 is 1.72 bits per heavy atom. The average Bonchev–Trinajstić information content (AvgIpc) is 2.54. The van der Waals surface area contributed by atoms with Gasteiger partial charge in [0, 0.05) is 24.3 Å². The van der Waals surface area contributed by atoms with Crippen molar-refractivity contribution in [3.63, 3.8) is 0 Å². The molecule has 1 unspecified atom stereocenters. The summed E-state index contributed by atoms with van der Waals surface area (Å²) in [7, 11) is 0. The molecule has 0 aliphatic heterocycles. The van der Waals surface area contributed by atoms with E-state index in [1.807, 2.05) is 6.92 Å². The molecule has 0 aromatic heterocycles. The summed E-state index contributed by atoms with van der Waals surface area (Å²) in [4.78, 5) is 26.2. The summed E-state index contributed by atoms with van der Waals surface area (Å²) in [5, 5.41) is 2.79. The van der Waals surface area contributed by atoms with E-state index in [4.69, 9.17) is 5.73 Å². The number of nitrogens with two attached hydrogens (primary N) is 1. The fourth-order valence-electron chi connectivity index (χ4n) is 2.34. The highest BCUT2D eigenvalue weighted by atomic mass is 35.5. The van der Waals surface area contributed by atoms with Crippen LogP contribution in [0.5, 0.6) is 0 Å². The van der Waals surface area contributed by atoms with E-state index < -0.39 is 5.54 Å². The summed E-state index contributed by atoms with van der Waals surface area (Å²) in [6, 6.07) is 6.77. The first-order chi connectivity index (χ1) is 11.4. The minimum atomic E-state index is -0.909. The first-order valence-corrected chi connectivity index (χ1v) is 8.07. The largest absolute Gasteiger partial charge is 0.331 e. The van der Waals surface area contributed by atoms with Crippen LogP contribution in [0.3, 0.4) is 0 Å². The van der Waals surface area contributed by atoms with Gasteiger partial charge in [-0.05, 0) is 37.6 Å². The first-order valence-electron chi connectivity index (χ1n) is 8.07. The number of amides is 2. The van der Waals surface area contributed by atoms with Crippen molar-refractivity contribution in [3.05, 3.63) is 55.1 Å². The zero-order valence-electron chi connectivity index (χ0n) is 15.0. The van der Waals surface area contributed by atoms with Crippen molar-refractivity contribution in [2.45, 2.75) is 32.2 Å². The average molecular weight is 366 g/mol. The van der Waals surface area contributed by atoms with Crippen molar-refractivity contribution in [1.29, 1.82) is 0 Å². The zero-order valence-corrected chi connectivity index (χ0v) is 15.8. The first kappa shape index (κ1) is 22.9. The Bertz CT molecular complexity index is 587. The zero-order chi connectivity index (χ0) is 18.2. The number of benzene rings is 1. The Morgan fingerprint density at radius 1 is 1.20 bits per heavy atom. The molecule has 1 atom stereocenters. The van der Waals surface area contributed by atoms with E-state index in [2.05, 4.69) is 18.5 Å². The highest BCUT2D eigenvalue weighted by Crippen LogP contribution is 2.15. The van der Waals surface area contributed by atoms with Crippen LogP contribution in [0.2, 0.25) is 0 Å². The van der Waals surface area contributed by atoms with Crippen LogP contribution in [0, 0.1) is 0 Å². The van der Waals surface area contributed by atoms with E-state index in [0.29, 0.717) is 30.8 Å². The fraction of sp³-hybridized carbons (Fsp3) is 0.368. The number of carbonyl (C=O) groups is 2. The molecule has 2 amide bonds. The third-order valence-corrected chi connectivity index (χ3v) is 3.66. The standard InChI is InChI=1S/C19H27N3O2.ClH/c1-5-12-19(4,20)18(24)21-16-10-8-15(9-11-16)17(23)22(13-6-2)14-7-3;/h6-11H,2-3,5,12-14,20H2,1,4H3,(H,21,24);1H. The van der Waals surface area contributed by atoms with Crippen molar-refractivity contribution in [2.75, 3.05) is 18.4 Å². The number of rotatable bonds is 9. The highest BCUT2D eigenvalue weighted by Gasteiger charge is 2.27. The molecule has 138 valence electrons. The van der Waals surface area contributed by atoms with E-state index in [9.17, 15) is 9.59 Å². The summed E-state index contributed by atoms with van der Waals surface area (Å²) in [6.07, 6.45) is 4.78. The lowest BCUT2D eigenvalue weighted by atomic mass is 9.96. The number of anilines is 1. The van der Waals surface area contributed by atoms with Crippen LogP contribution in [-0.4, -0.2) is 35.3 Å². The van der Waals surface area contributed by atoms with Crippen molar-refractivity contribution in [1.82, 2.24) is 4.90 Å². The number of halogens is 1. The third kappa shape index (κ3) is 6.72.